The molecule has 0 amide bonds. The average molecular weight is 329 g/mol. The van der Waals surface area contributed by atoms with Gasteiger partial charge in [-0.3, -0.25) is 0 Å². The van der Waals surface area contributed by atoms with Crippen molar-refractivity contribution in [2.75, 3.05) is 0 Å². The molecule has 0 saturated heterocycles. The van der Waals surface area contributed by atoms with Gasteiger partial charge in [-0.2, -0.15) is 10.4 Å². The number of halogens is 4. The molecule has 0 bridgehead atoms. The summed E-state index contributed by atoms with van der Waals surface area (Å²) in [5, 5.41) is 13.0. The van der Waals surface area contributed by atoms with Gasteiger partial charge in [0.15, 0.2) is 5.69 Å². The van der Waals surface area contributed by atoms with Crippen LogP contribution < -0.4 is 0 Å². The van der Waals surface area contributed by atoms with Gasteiger partial charge in [-0.15, -0.1) is 0 Å². The molecule has 0 aliphatic rings. The summed E-state index contributed by atoms with van der Waals surface area (Å²) in [5.41, 5.74) is 0.668. The number of hydrogen-bond donors (Lipinski definition) is 0. The molecule has 3 nitrogen and oxygen atoms in total. The van der Waals surface area contributed by atoms with E-state index in [1.165, 1.54) is 0 Å². The van der Waals surface area contributed by atoms with Crippen LogP contribution in [0.15, 0.2) is 4.47 Å². The minimum absolute atomic E-state index is 0.125. The van der Waals surface area contributed by atoms with Crippen LogP contribution in [0.4, 0.5) is 8.78 Å². The first-order valence-electron chi connectivity index (χ1n) is 3.59. The van der Waals surface area contributed by atoms with Crippen molar-refractivity contribution in [2.45, 2.75) is 18.3 Å². The molecular formula is C7H5Br2F2N3. The molecule has 0 fully saturated rings. The van der Waals surface area contributed by atoms with Crippen LogP contribution in [0.25, 0.3) is 0 Å². The lowest BCUT2D eigenvalue weighted by Gasteiger charge is -2.00. The molecule has 1 aromatic rings. The van der Waals surface area contributed by atoms with Crippen molar-refractivity contribution in [3.8, 4) is 6.07 Å². The summed E-state index contributed by atoms with van der Waals surface area (Å²) in [4.78, 5) is 0. The fourth-order valence-corrected chi connectivity index (χ4v) is 2.23. The zero-order chi connectivity index (χ0) is 10.7. The molecule has 0 radical (unpaired) electrons. The van der Waals surface area contributed by atoms with Crippen LogP contribution >= 0.6 is 31.9 Å². The normalized spacial score (nSPS) is 10.6. The molecule has 0 unspecified atom stereocenters. The van der Waals surface area contributed by atoms with Crippen molar-refractivity contribution >= 4 is 31.9 Å². The monoisotopic (exact) mass is 327 g/mol. The molecule has 0 aromatic carbocycles. The maximum Gasteiger partial charge on any atom is 0.257 e. The number of nitrogens with zero attached hydrogens (tertiary/aromatic N) is 3. The lowest BCUT2D eigenvalue weighted by atomic mass is 10.4. The highest BCUT2D eigenvalue weighted by Crippen LogP contribution is 2.23. The van der Waals surface area contributed by atoms with Crippen molar-refractivity contribution < 1.29 is 8.78 Å². The molecule has 76 valence electrons. The predicted molar refractivity (Wildman–Crippen MR) is 53.3 cm³/mol. The van der Waals surface area contributed by atoms with Gasteiger partial charge in [-0.1, -0.05) is 15.9 Å². The van der Waals surface area contributed by atoms with Crippen molar-refractivity contribution in [3.05, 3.63) is 15.9 Å². The first kappa shape index (κ1) is 11.6. The smallest absolute Gasteiger partial charge is 0.248 e. The summed E-state index contributed by atoms with van der Waals surface area (Å²) in [6.45, 7) is -0.561. The highest BCUT2D eigenvalue weighted by Gasteiger charge is 2.17. The van der Waals surface area contributed by atoms with Crippen molar-refractivity contribution in [2.24, 2.45) is 0 Å². The number of nitriles is 1. The van der Waals surface area contributed by atoms with Gasteiger partial charge in [0.1, 0.15) is 12.6 Å². The quantitative estimate of drug-likeness (QED) is 0.800. The standard InChI is InChI=1S/C7H5Br2F2N3/c8-1-4-7(9)5(2-12)14(13-4)3-6(10)11/h6H,1,3H2. The largest absolute Gasteiger partial charge is 0.257 e. The maximum atomic E-state index is 12.1. The lowest BCUT2D eigenvalue weighted by molar-refractivity contribution is 0.121. The molecular weight excluding hydrogens is 324 g/mol. The number of rotatable bonds is 3. The van der Waals surface area contributed by atoms with E-state index < -0.39 is 13.0 Å². The maximum absolute atomic E-state index is 12.1. The number of aromatic nitrogens is 2. The van der Waals surface area contributed by atoms with Gasteiger partial charge in [0.05, 0.1) is 10.2 Å². The second-order valence-electron chi connectivity index (χ2n) is 2.43. The topological polar surface area (TPSA) is 41.6 Å². The minimum atomic E-state index is -2.52. The van der Waals surface area contributed by atoms with Crippen molar-refractivity contribution in [1.82, 2.24) is 9.78 Å². The third-order valence-electron chi connectivity index (χ3n) is 1.50. The van der Waals surface area contributed by atoms with Gasteiger partial charge in [0.25, 0.3) is 6.43 Å². The van der Waals surface area contributed by atoms with Crippen LogP contribution in [-0.2, 0) is 11.9 Å². The molecule has 1 aromatic heterocycles. The SMILES string of the molecule is N#Cc1c(Br)c(CBr)nn1CC(F)F. The van der Waals surface area contributed by atoms with Crippen molar-refractivity contribution in [3.63, 3.8) is 0 Å². The highest BCUT2D eigenvalue weighted by molar-refractivity contribution is 9.10. The van der Waals surface area contributed by atoms with Crippen LogP contribution in [-0.4, -0.2) is 16.2 Å². The molecule has 1 rings (SSSR count). The van der Waals surface area contributed by atoms with Gasteiger partial charge in [-0.25, -0.2) is 13.5 Å². The Kier molecular flexibility index (Phi) is 4.01. The Labute approximate surface area is 96.0 Å². The van der Waals surface area contributed by atoms with E-state index in [0.717, 1.165) is 4.68 Å². The molecule has 1 heterocycles. The second kappa shape index (κ2) is 4.84. The van der Waals surface area contributed by atoms with Crippen LogP contribution in [0.1, 0.15) is 11.4 Å². The van der Waals surface area contributed by atoms with E-state index in [1.807, 2.05) is 6.07 Å². The molecule has 14 heavy (non-hydrogen) atoms. The Bertz CT molecular complexity index is 370. The summed E-state index contributed by atoms with van der Waals surface area (Å²) in [6.07, 6.45) is -2.52. The lowest BCUT2D eigenvalue weighted by Crippen LogP contribution is -2.10. The van der Waals surface area contributed by atoms with E-state index in [4.69, 9.17) is 5.26 Å². The fraction of sp³-hybridized carbons (Fsp3) is 0.429. The van der Waals surface area contributed by atoms with Crippen molar-refractivity contribution in [1.29, 1.82) is 5.26 Å². The van der Waals surface area contributed by atoms with Gasteiger partial charge < -0.3 is 0 Å². The average Bonchev–Trinajstić information content (AvgIpc) is 2.41. The van der Waals surface area contributed by atoms with Gasteiger partial charge in [0, 0.05) is 5.33 Å². The molecule has 0 aliphatic heterocycles. The highest BCUT2D eigenvalue weighted by atomic mass is 79.9. The zero-order valence-electron chi connectivity index (χ0n) is 6.85. The molecule has 0 saturated carbocycles. The summed E-state index contributed by atoms with van der Waals surface area (Å²) in [7, 11) is 0. The van der Waals surface area contributed by atoms with Crippen LogP contribution in [0.2, 0.25) is 0 Å². The predicted octanol–water partition coefficient (Wildman–Crippen LogP) is 2.68. The molecule has 0 atom stereocenters. The third kappa shape index (κ3) is 2.30. The Hall–Kier alpha value is -0.480. The Balaban J connectivity index is 3.11. The van der Waals surface area contributed by atoms with E-state index in [1.54, 1.807) is 0 Å². The third-order valence-corrected chi connectivity index (χ3v) is 2.87. The first-order chi connectivity index (χ1) is 6.60. The first-order valence-corrected chi connectivity index (χ1v) is 5.51. The minimum Gasteiger partial charge on any atom is -0.248 e. The molecule has 0 spiro atoms. The number of hydrogen-bond acceptors (Lipinski definition) is 2. The Morgan fingerprint density at radius 3 is 2.64 bits per heavy atom. The summed E-state index contributed by atoms with van der Waals surface area (Å²) < 4.78 is 25.6. The fourth-order valence-electron chi connectivity index (χ4n) is 0.945. The summed E-state index contributed by atoms with van der Waals surface area (Å²) >= 11 is 6.28. The van der Waals surface area contributed by atoms with Crippen LogP contribution in [0.5, 0.6) is 0 Å². The van der Waals surface area contributed by atoms with E-state index >= 15 is 0 Å². The Morgan fingerprint density at radius 2 is 2.21 bits per heavy atom. The summed E-state index contributed by atoms with van der Waals surface area (Å²) in [5.74, 6) is 0. The second-order valence-corrected chi connectivity index (χ2v) is 3.78. The van der Waals surface area contributed by atoms with E-state index in [-0.39, 0.29) is 5.69 Å². The zero-order valence-corrected chi connectivity index (χ0v) is 10.0. The summed E-state index contributed by atoms with van der Waals surface area (Å²) in [6, 6.07) is 1.82. The van der Waals surface area contributed by atoms with Gasteiger partial charge in [-0.05, 0) is 15.9 Å². The van der Waals surface area contributed by atoms with Gasteiger partial charge in [0.2, 0.25) is 0 Å². The van der Waals surface area contributed by atoms with E-state index in [9.17, 15) is 8.78 Å². The molecule has 0 aliphatic carbocycles. The van der Waals surface area contributed by atoms with Gasteiger partial charge >= 0.3 is 0 Å². The van der Waals surface area contributed by atoms with Crippen LogP contribution in [0, 0.1) is 11.3 Å². The van der Waals surface area contributed by atoms with Crippen LogP contribution in [0.3, 0.4) is 0 Å². The number of alkyl halides is 3. The molecule has 7 heteroatoms. The Morgan fingerprint density at radius 1 is 1.57 bits per heavy atom. The van der Waals surface area contributed by atoms with E-state index in [0.29, 0.717) is 15.5 Å². The molecule has 0 N–H and O–H groups in total. The van der Waals surface area contributed by atoms with E-state index in [2.05, 4.69) is 37.0 Å².